The zero-order valence-corrected chi connectivity index (χ0v) is 13.4. The second kappa shape index (κ2) is 4.93. The second-order valence-corrected chi connectivity index (χ2v) is 7.63. The van der Waals surface area contributed by atoms with Crippen molar-refractivity contribution >= 4 is 23.7 Å². The van der Waals surface area contributed by atoms with E-state index in [-0.39, 0.29) is 10.8 Å². The Morgan fingerprint density at radius 1 is 0.800 bits per heavy atom. The molecule has 0 bridgehead atoms. The highest BCUT2D eigenvalue weighted by atomic mass is 16.2. The van der Waals surface area contributed by atoms with Gasteiger partial charge >= 0.3 is 7.48 Å². The van der Waals surface area contributed by atoms with Gasteiger partial charge in [-0.1, -0.05) is 71.9 Å². The summed E-state index contributed by atoms with van der Waals surface area (Å²) in [5.41, 5.74) is 3.67. The predicted molar refractivity (Wildman–Crippen MR) is 89.0 cm³/mol. The van der Waals surface area contributed by atoms with Gasteiger partial charge in [0.05, 0.1) is 0 Å². The lowest BCUT2D eigenvalue weighted by molar-refractivity contribution is 0.589. The molecule has 1 nitrogen and oxygen atoms in total. The summed E-state index contributed by atoms with van der Waals surface area (Å²) in [6.45, 7) is 13.3. The van der Waals surface area contributed by atoms with Gasteiger partial charge in [0.25, 0.3) is 0 Å². The second-order valence-electron chi connectivity index (χ2n) is 7.63. The van der Waals surface area contributed by atoms with Gasteiger partial charge in [-0.2, -0.15) is 0 Å². The third-order valence-corrected chi connectivity index (χ3v) is 3.86. The van der Waals surface area contributed by atoms with Crippen LogP contribution in [0.5, 0.6) is 0 Å². The maximum Gasteiger partial charge on any atom is 0.327 e. The molecule has 0 aliphatic carbocycles. The van der Waals surface area contributed by atoms with E-state index in [4.69, 9.17) is 0 Å². The van der Waals surface area contributed by atoms with Crippen LogP contribution in [-0.2, 0) is 10.8 Å². The van der Waals surface area contributed by atoms with E-state index in [0.29, 0.717) is 0 Å². The Morgan fingerprint density at radius 3 is 1.85 bits per heavy atom. The van der Waals surface area contributed by atoms with E-state index in [2.05, 4.69) is 71.9 Å². The Hall–Kier alpha value is -1.28. The van der Waals surface area contributed by atoms with Crippen molar-refractivity contribution in [3.63, 3.8) is 0 Å². The molecule has 105 valence electrons. The minimum Gasteiger partial charge on any atom is -0.450 e. The zero-order chi connectivity index (χ0) is 15.1. The standard InChI is InChI=1S/C18H24BO/c1-17(2,3)13-7-8-15-12(9-13)10-14(18(4,5)6)11-16(15)19-20/h7-11,20H,1-6H3. The Kier molecular flexibility index (Phi) is 3.72. The quantitative estimate of drug-likeness (QED) is 0.781. The van der Waals surface area contributed by atoms with Crippen LogP contribution < -0.4 is 5.46 Å². The van der Waals surface area contributed by atoms with Crippen LogP contribution in [0.3, 0.4) is 0 Å². The molecule has 0 spiro atoms. The van der Waals surface area contributed by atoms with Gasteiger partial charge in [0.15, 0.2) is 0 Å². The molecule has 2 aromatic carbocycles. The molecular formula is C18H24BO. The van der Waals surface area contributed by atoms with Crippen LogP contribution >= 0.6 is 0 Å². The number of benzene rings is 2. The fraction of sp³-hybridized carbons (Fsp3) is 0.444. The average molecular weight is 267 g/mol. The first-order valence-electron chi connectivity index (χ1n) is 7.19. The molecule has 2 aromatic rings. The van der Waals surface area contributed by atoms with Gasteiger partial charge in [-0.05, 0) is 38.2 Å². The normalized spacial score (nSPS) is 12.8. The van der Waals surface area contributed by atoms with Crippen LogP contribution in [0.1, 0.15) is 52.7 Å². The fourth-order valence-electron chi connectivity index (χ4n) is 2.41. The molecule has 0 amide bonds. The highest BCUT2D eigenvalue weighted by Gasteiger charge is 2.18. The Bertz CT molecular complexity index is 625. The van der Waals surface area contributed by atoms with E-state index < -0.39 is 0 Å². The van der Waals surface area contributed by atoms with Crippen molar-refractivity contribution in [3.05, 3.63) is 41.5 Å². The van der Waals surface area contributed by atoms with Crippen LogP contribution in [0.2, 0.25) is 0 Å². The molecule has 0 unspecified atom stereocenters. The Labute approximate surface area is 123 Å². The molecule has 0 fully saturated rings. The topological polar surface area (TPSA) is 20.2 Å². The molecule has 1 radical (unpaired) electrons. The minimum atomic E-state index is 0.0731. The van der Waals surface area contributed by atoms with Crippen molar-refractivity contribution < 1.29 is 5.02 Å². The van der Waals surface area contributed by atoms with E-state index in [1.165, 1.54) is 24.0 Å². The van der Waals surface area contributed by atoms with Crippen LogP contribution in [0, 0.1) is 0 Å². The number of hydrogen-bond donors (Lipinski definition) is 1. The lowest BCUT2D eigenvalue weighted by atomic mass is 9.76. The third-order valence-electron chi connectivity index (χ3n) is 3.86. The van der Waals surface area contributed by atoms with E-state index in [1.807, 2.05) is 0 Å². The van der Waals surface area contributed by atoms with Crippen molar-refractivity contribution in [2.45, 2.75) is 52.4 Å². The summed E-state index contributed by atoms with van der Waals surface area (Å²) < 4.78 is 0. The minimum absolute atomic E-state index is 0.0731. The van der Waals surface area contributed by atoms with Crippen LogP contribution in [0.15, 0.2) is 30.3 Å². The van der Waals surface area contributed by atoms with Gasteiger partial charge in [0, 0.05) is 0 Å². The van der Waals surface area contributed by atoms with Crippen molar-refractivity contribution in [2.24, 2.45) is 0 Å². The largest absolute Gasteiger partial charge is 0.450 e. The van der Waals surface area contributed by atoms with Crippen LogP contribution in [-0.4, -0.2) is 12.5 Å². The zero-order valence-electron chi connectivity index (χ0n) is 13.4. The molecule has 0 saturated carbocycles. The van der Waals surface area contributed by atoms with Crippen molar-refractivity contribution in [2.75, 3.05) is 0 Å². The average Bonchev–Trinajstić information content (AvgIpc) is 2.34. The van der Waals surface area contributed by atoms with E-state index in [0.717, 1.165) is 10.8 Å². The molecule has 0 aliphatic heterocycles. The van der Waals surface area contributed by atoms with Gasteiger partial charge in [0.1, 0.15) is 0 Å². The lowest BCUT2D eigenvalue weighted by Gasteiger charge is -2.23. The van der Waals surface area contributed by atoms with Crippen molar-refractivity contribution in [1.82, 2.24) is 0 Å². The molecule has 0 saturated heterocycles. The number of hydrogen-bond acceptors (Lipinski definition) is 1. The SMILES string of the molecule is CC(C)(C)c1ccc2c([B]O)cc(C(C)(C)C)cc2c1. The summed E-state index contributed by atoms with van der Waals surface area (Å²) in [5, 5.41) is 11.8. The molecule has 2 heteroatoms. The Morgan fingerprint density at radius 2 is 1.35 bits per heavy atom. The van der Waals surface area contributed by atoms with Crippen LogP contribution in [0.25, 0.3) is 10.8 Å². The van der Waals surface area contributed by atoms with Gasteiger partial charge in [-0.25, -0.2) is 0 Å². The summed E-state index contributed by atoms with van der Waals surface area (Å²) in [4.78, 5) is 0. The summed E-state index contributed by atoms with van der Waals surface area (Å²) in [6, 6.07) is 10.9. The smallest absolute Gasteiger partial charge is 0.327 e. The molecule has 2 rings (SSSR count). The molecule has 0 aromatic heterocycles. The maximum atomic E-state index is 9.53. The van der Waals surface area contributed by atoms with Gasteiger partial charge in [-0.3, -0.25) is 0 Å². The summed E-state index contributed by atoms with van der Waals surface area (Å²) in [6.07, 6.45) is 0. The van der Waals surface area contributed by atoms with Gasteiger partial charge in [-0.15, -0.1) is 0 Å². The molecule has 0 heterocycles. The molecule has 1 N–H and O–H groups in total. The van der Waals surface area contributed by atoms with E-state index >= 15 is 0 Å². The number of fused-ring (bicyclic) bond motifs is 1. The highest BCUT2D eigenvalue weighted by molar-refractivity contribution is 6.50. The first-order chi connectivity index (χ1) is 9.13. The van der Waals surface area contributed by atoms with Crippen molar-refractivity contribution in [1.29, 1.82) is 0 Å². The molecule has 20 heavy (non-hydrogen) atoms. The third kappa shape index (κ3) is 2.91. The number of rotatable bonds is 1. The van der Waals surface area contributed by atoms with Crippen molar-refractivity contribution in [3.8, 4) is 0 Å². The van der Waals surface area contributed by atoms with Crippen LogP contribution in [0.4, 0.5) is 0 Å². The molecule has 0 aliphatic rings. The maximum absolute atomic E-state index is 9.53. The van der Waals surface area contributed by atoms with Gasteiger partial charge < -0.3 is 5.02 Å². The molecular weight excluding hydrogens is 243 g/mol. The fourth-order valence-corrected chi connectivity index (χ4v) is 2.41. The lowest BCUT2D eigenvalue weighted by Crippen LogP contribution is -2.21. The predicted octanol–water partition coefficient (Wildman–Crippen LogP) is 3.67. The monoisotopic (exact) mass is 267 g/mol. The first-order valence-corrected chi connectivity index (χ1v) is 7.19. The molecule has 0 atom stereocenters. The summed E-state index contributed by atoms with van der Waals surface area (Å²) >= 11 is 0. The first kappa shape index (κ1) is 15.1. The Balaban J connectivity index is 2.73. The van der Waals surface area contributed by atoms with E-state index in [1.54, 1.807) is 0 Å². The van der Waals surface area contributed by atoms with E-state index in [9.17, 15) is 5.02 Å². The summed E-state index contributed by atoms with van der Waals surface area (Å²) in [5.74, 6) is 0. The summed E-state index contributed by atoms with van der Waals surface area (Å²) in [7, 11) is 1.22. The highest BCUT2D eigenvalue weighted by Crippen LogP contribution is 2.29. The van der Waals surface area contributed by atoms with Gasteiger partial charge in [0.2, 0.25) is 0 Å².